The number of nitrogens with zero attached hydrogens (tertiary/aromatic N) is 1. The number of nitrogens with two attached hydrogens (primary N) is 1. The van der Waals surface area contributed by atoms with E-state index in [1.807, 2.05) is 18.3 Å². The first-order chi connectivity index (χ1) is 12.0. The van der Waals surface area contributed by atoms with E-state index in [0.29, 0.717) is 0 Å². The maximum Gasteiger partial charge on any atom is 0.121 e. The Morgan fingerprint density at radius 2 is 1.92 bits per heavy atom. The van der Waals surface area contributed by atoms with Gasteiger partial charge in [-0.15, -0.1) is 0 Å². The smallest absolute Gasteiger partial charge is 0.121 e. The van der Waals surface area contributed by atoms with Crippen LogP contribution >= 0.6 is 0 Å². The lowest BCUT2D eigenvalue weighted by molar-refractivity contribution is 0.352. The van der Waals surface area contributed by atoms with Crippen LogP contribution in [0.3, 0.4) is 0 Å². The molecule has 1 aromatic carbocycles. The fourth-order valence-corrected chi connectivity index (χ4v) is 3.22. The van der Waals surface area contributed by atoms with Crippen molar-refractivity contribution in [3.8, 4) is 5.75 Å². The largest absolute Gasteiger partial charge is 0.497 e. The van der Waals surface area contributed by atoms with Crippen LogP contribution in [0.1, 0.15) is 57.9 Å². The van der Waals surface area contributed by atoms with Crippen molar-refractivity contribution < 1.29 is 4.74 Å². The summed E-state index contributed by atoms with van der Waals surface area (Å²) in [5.41, 5.74) is 9.67. The minimum absolute atomic E-state index is 0.0257. The topological polar surface area (TPSA) is 60.2 Å². The van der Waals surface area contributed by atoms with Crippen LogP contribution in [0.5, 0.6) is 5.75 Å². The van der Waals surface area contributed by atoms with Gasteiger partial charge in [-0.2, -0.15) is 0 Å². The summed E-state index contributed by atoms with van der Waals surface area (Å²) in [5, 5.41) is 4.68. The monoisotopic (exact) mass is 343 g/mol. The SMILES string of the molecule is CCC(N)(CC)CCCCCNc1cc(OC)cc2c(C)ccnc12. The van der Waals surface area contributed by atoms with Crippen molar-refractivity contribution in [2.24, 2.45) is 5.73 Å². The second-order valence-electron chi connectivity index (χ2n) is 7.01. The molecule has 138 valence electrons. The molecular formula is C21H33N3O. The molecule has 1 heterocycles. The minimum atomic E-state index is 0.0257. The molecule has 0 saturated carbocycles. The van der Waals surface area contributed by atoms with Crippen LogP contribution in [0.2, 0.25) is 0 Å². The number of unbranched alkanes of at least 4 members (excludes halogenated alkanes) is 2. The number of aryl methyl sites for hydroxylation is 1. The maximum absolute atomic E-state index is 6.37. The molecule has 25 heavy (non-hydrogen) atoms. The van der Waals surface area contributed by atoms with E-state index in [2.05, 4.69) is 37.1 Å². The molecule has 4 heteroatoms. The number of ether oxygens (including phenoxy) is 1. The second-order valence-corrected chi connectivity index (χ2v) is 7.01. The average molecular weight is 344 g/mol. The van der Waals surface area contributed by atoms with Gasteiger partial charge in [0.1, 0.15) is 5.75 Å². The van der Waals surface area contributed by atoms with Gasteiger partial charge < -0.3 is 15.8 Å². The number of benzene rings is 1. The lowest BCUT2D eigenvalue weighted by atomic mass is 9.88. The molecule has 0 saturated heterocycles. The van der Waals surface area contributed by atoms with E-state index in [9.17, 15) is 0 Å². The van der Waals surface area contributed by atoms with Gasteiger partial charge in [0.25, 0.3) is 0 Å². The van der Waals surface area contributed by atoms with Gasteiger partial charge in [-0.1, -0.05) is 26.7 Å². The molecule has 0 spiro atoms. The number of pyridine rings is 1. The molecule has 3 N–H and O–H groups in total. The first kappa shape index (κ1) is 19.5. The third-order valence-electron chi connectivity index (χ3n) is 5.35. The Hall–Kier alpha value is -1.81. The standard InChI is InChI=1S/C21H33N3O/c1-5-21(22,6-2)11-8-7-9-12-23-19-15-17(25-4)14-18-16(3)10-13-24-20(18)19/h10,13-15,23H,5-9,11-12,22H2,1-4H3. The van der Waals surface area contributed by atoms with Gasteiger partial charge in [-0.3, -0.25) is 4.98 Å². The van der Waals surface area contributed by atoms with Crippen molar-refractivity contribution in [1.29, 1.82) is 0 Å². The fraction of sp³-hybridized carbons (Fsp3) is 0.571. The van der Waals surface area contributed by atoms with E-state index < -0.39 is 0 Å². The van der Waals surface area contributed by atoms with E-state index in [0.717, 1.165) is 54.6 Å². The highest BCUT2D eigenvalue weighted by Gasteiger charge is 2.18. The Morgan fingerprint density at radius 3 is 2.60 bits per heavy atom. The molecule has 0 bridgehead atoms. The van der Waals surface area contributed by atoms with Gasteiger partial charge in [-0.25, -0.2) is 0 Å². The number of rotatable bonds is 10. The van der Waals surface area contributed by atoms with Gasteiger partial charge in [-0.05, 0) is 50.3 Å². The van der Waals surface area contributed by atoms with Crippen molar-refractivity contribution in [3.63, 3.8) is 0 Å². The van der Waals surface area contributed by atoms with Crippen LogP contribution in [0.25, 0.3) is 10.9 Å². The maximum atomic E-state index is 6.37. The normalized spacial score (nSPS) is 11.7. The molecule has 0 unspecified atom stereocenters. The van der Waals surface area contributed by atoms with Crippen molar-refractivity contribution in [2.75, 3.05) is 19.0 Å². The van der Waals surface area contributed by atoms with Gasteiger partial charge >= 0.3 is 0 Å². The molecule has 4 nitrogen and oxygen atoms in total. The molecule has 0 radical (unpaired) electrons. The molecule has 0 atom stereocenters. The van der Waals surface area contributed by atoms with Gasteiger partial charge in [0.15, 0.2) is 0 Å². The number of fused-ring (bicyclic) bond motifs is 1. The Kier molecular flexibility index (Phi) is 7.06. The predicted octanol–water partition coefficient (Wildman–Crippen LogP) is 5.04. The highest BCUT2D eigenvalue weighted by Crippen LogP contribution is 2.29. The van der Waals surface area contributed by atoms with E-state index in [4.69, 9.17) is 10.5 Å². The molecule has 0 aliphatic heterocycles. The summed E-state index contributed by atoms with van der Waals surface area (Å²) < 4.78 is 5.44. The third kappa shape index (κ3) is 5.08. The summed E-state index contributed by atoms with van der Waals surface area (Å²) >= 11 is 0. The Morgan fingerprint density at radius 1 is 1.16 bits per heavy atom. The van der Waals surface area contributed by atoms with Crippen LogP contribution < -0.4 is 15.8 Å². The Labute approximate surface area is 152 Å². The van der Waals surface area contributed by atoms with Crippen LogP contribution in [0.4, 0.5) is 5.69 Å². The van der Waals surface area contributed by atoms with Crippen molar-refractivity contribution in [3.05, 3.63) is 30.0 Å². The average Bonchev–Trinajstić information content (AvgIpc) is 2.64. The molecule has 0 aliphatic rings. The summed E-state index contributed by atoms with van der Waals surface area (Å²) in [5.74, 6) is 0.866. The lowest BCUT2D eigenvalue weighted by Crippen LogP contribution is -2.38. The fourth-order valence-electron chi connectivity index (χ4n) is 3.22. The zero-order chi connectivity index (χ0) is 18.3. The first-order valence-corrected chi connectivity index (χ1v) is 9.49. The summed E-state index contributed by atoms with van der Waals surface area (Å²) in [4.78, 5) is 4.55. The molecule has 1 aromatic heterocycles. The zero-order valence-electron chi connectivity index (χ0n) is 16.2. The summed E-state index contributed by atoms with van der Waals surface area (Å²) in [6.45, 7) is 7.42. The molecule has 0 amide bonds. The first-order valence-electron chi connectivity index (χ1n) is 9.49. The van der Waals surface area contributed by atoms with E-state index >= 15 is 0 Å². The van der Waals surface area contributed by atoms with Crippen LogP contribution in [0.15, 0.2) is 24.4 Å². The number of methoxy groups -OCH3 is 1. The molecule has 0 aliphatic carbocycles. The van der Waals surface area contributed by atoms with E-state index in [1.54, 1.807) is 7.11 Å². The number of anilines is 1. The Balaban J connectivity index is 1.92. The lowest BCUT2D eigenvalue weighted by Gasteiger charge is -2.26. The van der Waals surface area contributed by atoms with Crippen molar-refractivity contribution in [1.82, 2.24) is 4.98 Å². The van der Waals surface area contributed by atoms with E-state index in [-0.39, 0.29) is 5.54 Å². The van der Waals surface area contributed by atoms with E-state index in [1.165, 1.54) is 18.4 Å². The molecule has 0 fully saturated rings. The highest BCUT2D eigenvalue weighted by atomic mass is 16.5. The van der Waals surface area contributed by atoms with Gasteiger partial charge in [0.2, 0.25) is 0 Å². The minimum Gasteiger partial charge on any atom is -0.497 e. The quantitative estimate of drug-likeness (QED) is 0.593. The number of hydrogen-bond donors (Lipinski definition) is 2. The summed E-state index contributed by atoms with van der Waals surface area (Å²) in [7, 11) is 1.71. The van der Waals surface area contributed by atoms with Gasteiger partial charge in [0.05, 0.1) is 18.3 Å². The third-order valence-corrected chi connectivity index (χ3v) is 5.35. The van der Waals surface area contributed by atoms with Gasteiger partial charge in [0, 0.05) is 29.7 Å². The summed E-state index contributed by atoms with van der Waals surface area (Å²) in [6, 6.07) is 6.12. The van der Waals surface area contributed by atoms with Crippen LogP contribution in [-0.2, 0) is 0 Å². The second kappa shape index (κ2) is 9.04. The van der Waals surface area contributed by atoms with Crippen molar-refractivity contribution in [2.45, 2.75) is 64.8 Å². The molecular weight excluding hydrogens is 310 g/mol. The molecule has 2 aromatic rings. The van der Waals surface area contributed by atoms with Crippen LogP contribution in [-0.4, -0.2) is 24.2 Å². The number of nitrogens with one attached hydrogen (secondary N) is 1. The predicted molar refractivity (Wildman–Crippen MR) is 107 cm³/mol. The number of hydrogen-bond acceptors (Lipinski definition) is 4. The highest BCUT2D eigenvalue weighted by molar-refractivity contribution is 5.93. The zero-order valence-corrected chi connectivity index (χ0v) is 16.2. The van der Waals surface area contributed by atoms with Crippen LogP contribution in [0, 0.1) is 6.92 Å². The number of aromatic nitrogens is 1. The summed E-state index contributed by atoms with van der Waals surface area (Å²) in [6.07, 6.45) is 8.62. The Bertz CT molecular complexity index is 680. The van der Waals surface area contributed by atoms with Crippen molar-refractivity contribution >= 4 is 16.6 Å². The molecule has 2 rings (SSSR count).